The average Bonchev–Trinajstić information content (AvgIpc) is 2.77. The quantitative estimate of drug-likeness (QED) is 0.869. The number of hydrogen-bond acceptors (Lipinski definition) is 4. The van der Waals surface area contributed by atoms with Crippen LogP contribution in [-0.4, -0.2) is 34.5 Å². The number of Topliss-reactive ketones (excluding diaryl/α,β-unsaturated/α-hetero) is 2. The molecule has 1 aliphatic carbocycles. The van der Waals surface area contributed by atoms with Gasteiger partial charge >= 0.3 is 0 Å². The Hall–Kier alpha value is -2.17. The van der Waals surface area contributed by atoms with Crippen LogP contribution in [0.2, 0.25) is 0 Å². The molecule has 0 aromatic heterocycles. The molecule has 22 heavy (non-hydrogen) atoms. The number of rotatable bonds is 3. The molecule has 5 nitrogen and oxygen atoms in total. The molecule has 3 rings (SSSR count). The van der Waals surface area contributed by atoms with Crippen LogP contribution in [0.3, 0.4) is 0 Å². The Bertz CT molecular complexity index is 651. The number of hydrogen-bond donors (Lipinski definition) is 1. The standard InChI is InChI=1S/C17H20N2O3/c1-10(2)18-14-5-3-4-12-13(14)9-19(17(12)22)15-7-6-11(20)8-16(15)21/h3-5,10,15,18H,6-9H2,1-2H3. The van der Waals surface area contributed by atoms with Gasteiger partial charge in [0.25, 0.3) is 5.91 Å². The van der Waals surface area contributed by atoms with Crippen LogP contribution in [0.4, 0.5) is 5.69 Å². The van der Waals surface area contributed by atoms with Gasteiger partial charge in [0.1, 0.15) is 5.78 Å². The fraction of sp³-hybridized carbons (Fsp3) is 0.471. The maximum atomic E-state index is 12.6. The molecule has 0 radical (unpaired) electrons. The molecule has 0 bridgehead atoms. The molecule has 1 N–H and O–H groups in total. The Balaban J connectivity index is 1.88. The third kappa shape index (κ3) is 2.51. The van der Waals surface area contributed by atoms with Gasteiger partial charge in [-0.15, -0.1) is 0 Å². The van der Waals surface area contributed by atoms with Crippen molar-refractivity contribution in [1.29, 1.82) is 0 Å². The molecule has 1 aromatic carbocycles. The lowest BCUT2D eigenvalue weighted by molar-refractivity contribution is -0.133. The molecule has 0 saturated heterocycles. The first-order chi connectivity index (χ1) is 10.5. The predicted molar refractivity (Wildman–Crippen MR) is 82.7 cm³/mol. The second-order valence-electron chi connectivity index (χ2n) is 6.30. The van der Waals surface area contributed by atoms with Crippen LogP contribution in [0.25, 0.3) is 0 Å². The molecule has 1 aromatic rings. The highest BCUT2D eigenvalue weighted by atomic mass is 16.2. The van der Waals surface area contributed by atoms with E-state index in [0.717, 1.165) is 11.3 Å². The van der Waals surface area contributed by atoms with Gasteiger partial charge < -0.3 is 10.2 Å². The fourth-order valence-electron chi connectivity index (χ4n) is 3.24. The maximum Gasteiger partial charge on any atom is 0.255 e. The number of nitrogens with one attached hydrogen (secondary N) is 1. The van der Waals surface area contributed by atoms with E-state index in [1.807, 2.05) is 32.0 Å². The van der Waals surface area contributed by atoms with Crippen molar-refractivity contribution in [3.63, 3.8) is 0 Å². The lowest BCUT2D eigenvalue weighted by atomic mass is 9.92. The van der Waals surface area contributed by atoms with Gasteiger partial charge in [-0.1, -0.05) is 6.07 Å². The van der Waals surface area contributed by atoms with E-state index in [1.165, 1.54) is 0 Å². The van der Waals surface area contributed by atoms with Gasteiger partial charge in [-0.25, -0.2) is 0 Å². The molecule has 5 heteroatoms. The average molecular weight is 300 g/mol. The summed E-state index contributed by atoms with van der Waals surface area (Å²) >= 11 is 0. The normalized spacial score (nSPS) is 21.5. The lowest BCUT2D eigenvalue weighted by Crippen LogP contribution is -2.44. The molecule has 1 atom stereocenters. The molecule has 1 amide bonds. The van der Waals surface area contributed by atoms with E-state index in [1.54, 1.807) is 4.90 Å². The number of benzene rings is 1. The predicted octanol–water partition coefficient (Wildman–Crippen LogP) is 2.15. The van der Waals surface area contributed by atoms with Crippen molar-refractivity contribution in [3.8, 4) is 0 Å². The van der Waals surface area contributed by atoms with Crippen LogP contribution < -0.4 is 5.32 Å². The summed E-state index contributed by atoms with van der Waals surface area (Å²) in [5.74, 6) is -0.251. The lowest BCUT2D eigenvalue weighted by Gasteiger charge is -2.29. The first kappa shape index (κ1) is 14.8. The minimum Gasteiger partial charge on any atom is -0.383 e. The summed E-state index contributed by atoms with van der Waals surface area (Å²) in [5, 5.41) is 3.35. The van der Waals surface area contributed by atoms with Crippen molar-refractivity contribution in [2.45, 2.75) is 51.7 Å². The summed E-state index contributed by atoms with van der Waals surface area (Å²) in [7, 11) is 0. The van der Waals surface area contributed by atoms with Crippen LogP contribution in [0.1, 0.15) is 49.0 Å². The number of ketones is 2. The number of carbonyl (C=O) groups excluding carboxylic acids is 3. The molecular weight excluding hydrogens is 280 g/mol. The van der Waals surface area contributed by atoms with E-state index in [-0.39, 0.29) is 29.9 Å². The smallest absolute Gasteiger partial charge is 0.255 e. The molecule has 2 aliphatic rings. The van der Waals surface area contributed by atoms with Gasteiger partial charge in [0.05, 0.1) is 12.5 Å². The van der Waals surface area contributed by atoms with E-state index < -0.39 is 6.04 Å². The van der Waals surface area contributed by atoms with Crippen molar-refractivity contribution in [2.75, 3.05) is 5.32 Å². The number of anilines is 1. The molecular formula is C17H20N2O3. The number of fused-ring (bicyclic) bond motifs is 1. The zero-order chi connectivity index (χ0) is 15.9. The Morgan fingerprint density at radius 1 is 1.23 bits per heavy atom. The zero-order valence-electron chi connectivity index (χ0n) is 12.9. The molecule has 0 spiro atoms. The van der Waals surface area contributed by atoms with Crippen molar-refractivity contribution < 1.29 is 14.4 Å². The number of carbonyl (C=O) groups is 3. The van der Waals surface area contributed by atoms with E-state index in [9.17, 15) is 14.4 Å². The Kier molecular flexibility index (Phi) is 3.72. The topological polar surface area (TPSA) is 66.5 Å². The maximum absolute atomic E-state index is 12.6. The second-order valence-corrected chi connectivity index (χ2v) is 6.30. The highest BCUT2D eigenvalue weighted by molar-refractivity contribution is 6.08. The Morgan fingerprint density at radius 3 is 2.68 bits per heavy atom. The van der Waals surface area contributed by atoms with Gasteiger partial charge in [-0.2, -0.15) is 0 Å². The minimum absolute atomic E-state index is 0.0208. The molecule has 1 saturated carbocycles. The summed E-state index contributed by atoms with van der Waals surface area (Å²) in [6, 6.07) is 5.44. The summed E-state index contributed by atoms with van der Waals surface area (Å²) < 4.78 is 0. The SMILES string of the molecule is CC(C)Nc1cccc2c1CN(C1CCC(=O)CC1=O)C2=O. The van der Waals surface area contributed by atoms with E-state index in [4.69, 9.17) is 0 Å². The molecule has 1 heterocycles. The molecule has 1 aliphatic heterocycles. The van der Waals surface area contributed by atoms with Crippen LogP contribution in [0, 0.1) is 0 Å². The Morgan fingerprint density at radius 2 is 2.00 bits per heavy atom. The Labute approximate surface area is 129 Å². The zero-order valence-corrected chi connectivity index (χ0v) is 12.9. The van der Waals surface area contributed by atoms with Crippen molar-refractivity contribution >= 4 is 23.2 Å². The third-order valence-corrected chi connectivity index (χ3v) is 4.26. The van der Waals surface area contributed by atoms with Gasteiger partial charge in [-0.05, 0) is 32.4 Å². The monoisotopic (exact) mass is 300 g/mol. The summed E-state index contributed by atoms with van der Waals surface area (Å²) in [4.78, 5) is 37.7. The van der Waals surface area contributed by atoms with E-state index >= 15 is 0 Å². The highest BCUT2D eigenvalue weighted by Crippen LogP contribution is 2.33. The van der Waals surface area contributed by atoms with Crippen LogP contribution in [0.5, 0.6) is 0 Å². The summed E-state index contributed by atoms with van der Waals surface area (Å²) in [6.45, 7) is 4.53. The van der Waals surface area contributed by atoms with Gasteiger partial charge in [0, 0.05) is 35.8 Å². The minimum atomic E-state index is -0.454. The first-order valence-corrected chi connectivity index (χ1v) is 7.71. The van der Waals surface area contributed by atoms with E-state index in [2.05, 4.69) is 5.32 Å². The summed E-state index contributed by atoms with van der Waals surface area (Å²) in [5.41, 5.74) is 2.56. The summed E-state index contributed by atoms with van der Waals surface area (Å²) in [6.07, 6.45) is 0.792. The van der Waals surface area contributed by atoms with Crippen LogP contribution >= 0.6 is 0 Å². The van der Waals surface area contributed by atoms with Crippen molar-refractivity contribution in [3.05, 3.63) is 29.3 Å². The van der Waals surface area contributed by atoms with Gasteiger partial charge in [0.2, 0.25) is 0 Å². The van der Waals surface area contributed by atoms with Gasteiger partial charge in [0.15, 0.2) is 5.78 Å². The fourth-order valence-corrected chi connectivity index (χ4v) is 3.24. The van der Waals surface area contributed by atoms with Crippen molar-refractivity contribution in [1.82, 2.24) is 4.90 Å². The highest BCUT2D eigenvalue weighted by Gasteiger charge is 2.39. The third-order valence-electron chi connectivity index (χ3n) is 4.26. The van der Waals surface area contributed by atoms with Crippen LogP contribution in [0.15, 0.2) is 18.2 Å². The first-order valence-electron chi connectivity index (χ1n) is 7.71. The largest absolute Gasteiger partial charge is 0.383 e. The van der Waals surface area contributed by atoms with E-state index in [0.29, 0.717) is 24.9 Å². The van der Waals surface area contributed by atoms with Gasteiger partial charge in [-0.3, -0.25) is 14.4 Å². The molecule has 1 unspecified atom stereocenters. The number of amides is 1. The van der Waals surface area contributed by atoms with Crippen molar-refractivity contribution in [2.24, 2.45) is 0 Å². The number of nitrogens with zero attached hydrogens (tertiary/aromatic N) is 1. The van der Waals surface area contributed by atoms with Crippen LogP contribution in [-0.2, 0) is 16.1 Å². The molecule has 116 valence electrons. The molecule has 1 fully saturated rings. The second kappa shape index (κ2) is 5.55.